The first-order valence-electron chi connectivity index (χ1n) is 9.18. The van der Waals surface area contributed by atoms with Gasteiger partial charge in [0, 0.05) is 20.1 Å². The molecule has 0 radical (unpaired) electrons. The first-order valence-corrected chi connectivity index (χ1v) is 9.18. The van der Waals surface area contributed by atoms with E-state index >= 15 is 0 Å². The minimum atomic E-state index is 0. The number of oxazole rings is 1. The van der Waals surface area contributed by atoms with Gasteiger partial charge in [0.2, 0.25) is 5.89 Å². The summed E-state index contributed by atoms with van der Waals surface area (Å²) < 4.78 is 5.57. The monoisotopic (exact) mass is 463 g/mol. The van der Waals surface area contributed by atoms with Crippen molar-refractivity contribution in [1.29, 1.82) is 0 Å². The lowest BCUT2D eigenvalue weighted by molar-refractivity contribution is 0.181. The maximum absolute atomic E-state index is 5.57. The summed E-state index contributed by atoms with van der Waals surface area (Å²) in [7, 11) is 1.79. The van der Waals surface area contributed by atoms with Crippen LogP contribution in [0.3, 0.4) is 0 Å². The molecule has 0 aromatic carbocycles. The molecule has 1 aliphatic rings. The van der Waals surface area contributed by atoms with Crippen LogP contribution in [0.5, 0.6) is 0 Å². The van der Waals surface area contributed by atoms with E-state index < -0.39 is 0 Å². The van der Waals surface area contributed by atoms with Gasteiger partial charge < -0.3 is 20.0 Å². The van der Waals surface area contributed by atoms with E-state index in [4.69, 9.17) is 4.42 Å². The molecule has 0 aliphatic carbocycles. The van der Waals surface area contributed by atoms with Crippen molar-refractivity contribution in [2.75, 3.05) is 33.2 Å². The Labute approximate surface area is 169 Å². The van der Waals surface area contributed by atoms with E-state index in [9.17, 15) is 0 Å². The van der Waals surface area contributed by atoms with E-state index in [0.717, 1.165) is 36.3 Å². The summed E-state index contributed by atoms with van der Waals surface area (Å²) in [5, 5.41) is 6.60. The summed E-state index contributed by atoms with van der Waals surface area (Å²) in [4.78, 5) is 11.2. The lowest BCUT2D eigenvalue weighted by Crippen LogP contribution is -2.38. The topological polar surface area (TPSA) is 65.7 Å². The van der Waals surface area contributed by atoms with E-state index in [-0.39, 0.29) is 24.0 Å². The highest BCUT2D eigenvalue weighted by molar-refractivity contribution is 14.0. The minimum Gasteiger partial charge on any atom is -0.444 e. The Morgan fingerprint density at radius 2 is 2.12 bits per heavy atom. The summed E-state index contributed by atoms with van der Waals surface area (Å²) in [6.07, 6.45) is 5.14. The molecular formula is C18H34IN5O. The van der Waals surface area contributed by atoms with E-state index in [1.807, 2.05) is 13.8 Å². The maximum atomic E-state index is 5.57. The first-order chi connectivity index (χ1) is 11.6. The fourth-order valence-electron chi connectivity index (χ4n) is 3.15. The fourth-order valence-corrected chi connectivity index (χ4v) is 3.15. The smallest absolute Gasteiger partial charge is 0.214 e. The zero-order valence-corrected chi connectivity index (χ0v) is 18.4. The Bertz CT molecular complexity index is 512. The molecule has 6 nitrogen and oxygen atoms in total. The number of halogens is 1. The molecule has 7 heteroatoms. The van der Waals surface area contributed by atoms with Gasteiger partial charge in [0.05, 0.1) is 12.2 Å². The molecule has 0 spiro atoms. The fraction of sp³-hybridized carbons (Fsp3) is 0.778. The summed E-state index contributed by atoms with van der Waals surface area (Å²) in [6, 6.07) is 0. The van der Waals surface area contributed by atoms with Crippen molar-refractivity contribution in [2.45, 2.75) is 53.0 Å². The number of unbranched alkanes of at least 4 members (excludes halogenated alkanes) is 1. The number of aliphatic imine (C=N–C) groups is 1. The normalized spacial score (nSPS) is 18.7. The maximum Gasteiger partial charge on any atom is 0.214 e. The molecule has 2 N–H and O–H groups in total. The molecule has 0 bridgehead atoms. The number of piperidine rings is 1. The number of guanidine groups is 1. The van der Waals surface area contributed by atoms with Crippen LogP contribution < -0.4 is 10.6 Å². The number of nitrogens with one attached hydrogen (secondary N) is 2. The molecule has 2 rings (SSSR count). The molecule has 0 saturated carbocycles. The predicted molar refractivity (Wildman–Crippen MR) is 114 cm³/mol. The Balaban J connectivity index is 0.00000312. The number of rotatable bonds is 7. The van der Waals surface area contributed by atoms with Gasteiger partial charge in [-0.15, -0.1) is 24.0 Å². The van der Waals surface area contributed by atoms with Crippen LogP contribution in [0.25, 0.3) is 0 Å². The molecule has 1 aromatic rings. The second-order valence-electron chi connectivity index (χ2n) is 6.86. The first kappa shape index (κ1) is 22.2. The molecule has 25 heavy (non-hydrogen) atoms. The highest BCUT2D eigenvalue weighted by Crippen LogP contribution is 2.15. The Morgan fingerprint density at radius 3 is 2.76 bits per heavy atom. The van der Waals surface area contributed by atoms with Crippen molar-refractivity contribution in [3.05, 3.63) is 17.3 Å². The second-order valence-corrected chi connectivity index (χ2v) is 6.86. The van der Waals surface area contributed by atoms with Crippen LogP contribution in [-0.2, 0) is 6.54 Å². The van der Waals surface area contributed by atoms with Crippen LogP contribution in [-0.4, -0.2) is 49.1 Å². The lowest BCUT2D eigenvalue weighted by Gasteiger charge is -2.30. The predicted octanol–water partition coefficient (Wildman–Crippen LogP) is 3.09. The van der Waals surface area contributed by atoms with Crippen LogP contribution in [0.4, 0.5) is 0 Å². The zero-order chi connectivity index (χ0) is 17.4. The Morgan fingerprint density at radius 1 is 1.32 bits per heavy atom. The van der Waals surface area contributed by atoms with Gasteiger partial charge in [-0.1, -0.05) is 6.92 Å². The third kappa shape index (κ3) is 7.94. The number of nitrogens with zero attached hydrogens (tertiary/aromatic N) is 3. The van der Waals surface area contributed by atoms with Gasteiger partial charge in [-0.2, -0.15) is 0 Å². The molecule has 0 amide bonds. The van der Waals surface area contributed by atoms with Crippen LogP contribution in [0.1, 0.15) is 50.0 Å². The highest BCUT2D eigenvalue weighted by atomic mass is 127. The summed E-state index contributed by atoms with van der Waals surface area (Å²) in [6.45, 7) is 11.5. The number of hydrogen-bond acceptors (Lipinski definition) is 4. The Hall–Kier alpha value is -0.830. The van der Waals surface area contributed by atoms with Crippen molar-refractivity contribution in [3.63, 3.8) is 0 Å². The van der Waals surface area contributed by atoms with E-state index in [0.29, 0.717) is 12.4 Å². The summed E-state index contributed by atoms with van der Waals surface area (Å²) >= 11 is 0. The zero-order valence-electron chi connectivity index (χ0n) is 16.1. The molecule has 1 atom stereocenters. The standard InChI is InChI=1S/C18H33N5O.HI/c1-14-8-7-11-23(13-14)10-6-5-9-20-18(19-4)21-12-17-22-15(2)16(3)24-17;/h14H,5-13H2,1-4H3,(H2,19,20,21);1H. The van der Waals surface area contributed by atoms with Crippen molar-refractivity contribution >= 4 is 29.9 Å². The van der Waals surface area contributed by atoms with Crippen molar-refractivity contribution in [1.82, 2.24) is 20.5 Å². The SMILES string of the molecule is CN=C(NCCCCN1CCCC(C)C1)NCc1nc(C)c(C)o1.I. The van der Waals surface area contributed by atoms with E-state index in [1.54, 1.807) is 7.05 Å². The number of hydrogen-bond donors (Lipinski definition) is 2. The van der Waals surface area contributed by atoms with Crippen molar-refractivity contribution in [3.8, 4) is 0 Å². The van der Waals surface area contributed by atoms with Crippen molar-refractivity contribution in [2.24, 2.45) is 10.9 Å². The average molecular weight is 463 g/mol. The molecule has 1 fully saturated rings. The van der Waals surface area contributed by atoms with Gasteiger partial charge in [-0.25, -0.2) is 4.98 Å². The third-order valence-corrected chi connectivity index (χ3v) is 4.64. The quantitative estimate of drug-likeness (QED) is 0.282. The largest absolute Gasteiger partial charge is 0.444 e. The Kier molecular flexibility index (Phi) is 10.4. The van der Waals surface area contributed by atoms with Gasteiger partial charge >= 0.3 is 0 Å². The van der Waals surface area contributed by atoms with Gasteiger partial charge in [0.25, 0.3) is 0 Å². The highest BCUT2D eigenvalue weighted by Gasteiger charge is 2.15. The van der Waals surface area contributed by atoms with E-state index in [1.165, 1.54) is 38.9 Å². The average Bonchev–Trinajstić information content (AvgIpc) is 2.88. The number of aryl methyl sites for hydroxylation is 2. The van der Waals surface area contributed by atoms with Crippen LogP contribution in [0, 0.1) is 19.8 Å². The van der Waals surface area contributed by atoms with Crippen molar-refractivity contribution < 1.29 is 4.42 Å². The molecule has 2 heterocycles. The van der Waals surface area contributed by atoms with Crippen LogP contribution in [0.2, 0.25) is 0 Å². The third-order valence-electron chi connectivity index (χ3n) is 4.64. The summed E-state index contributed by atoms with van der Waals surface area (Å²) in [5.74, 6) is 3.24. The summed E-state index contributed by atoms with van der Waals surface area (Å²) in [5.41, 5.74) is 0.946. The minimum absolute atomic E-state index is 0. The lowest BCUT2D eigenvalue weighted by atomic mass is 10.0. The van der Waals surface area contributed by atoms with Crippen LogP contribution in [0.15, 0.2) is 9.41 Å². The van der Waals surface area contributed by atoms with Gasteiger partial charge in [-0.3, -0.25) is 4.99 Å². The van der Waals surface area contributed by atoms with Gasteiger partial charge in [0.1, 0.15) is 5.76 Å². The van der Waals surface area contributed by atoms with Gasteiger partial charge in [-0.05, 0) is 58.5 Å². The number of likely N-dealkylation sites (tertiary alicyclic amines) is 1. The van der Waals surface area contributed by atoms with Crippen LogP contribution >= 0.6 is 24.0 Å². The second kappa shape index (κ2) is 11.7. The molecule has 1 aromatic heterocycles. The molecule has 144 valence electrons. The van der Waals surface area contributed by atoms with Gasteiger partial charge in [0.15, 0.2) is 5.96 Å². The molecule has 1 aliphatic heterocycles. The molecular weight excluding hydrogens is 429 g/mol. The molecule has 1 saturated heterocycles. The number of aromatic nitrogens is 1. The molecule has 1 unspecified atom stereocenters. The van der Waals surface area contributed by atoms with E-state index in [2.05, 4.69) is 32.4 Å².